The van der Waals surface area contributed by atoms with Crippen LogP contribution in [0, 0.1) is 0 Å². The predicted molar refractivity (Wildman–Crippen MR) is 123 cm³/mol. The lowest BCUT2D eigenvalue weighted by Crippen LogP contribution is -2.67. The van der Waals surface area contributed by atoms with Crippen LogP contribution in [0.25, 0.3) is 0 Å². The summed E-state index contributed by atoms with van der Waals surface area (Å²) in [5.41, 5.74) is 0.846. The molecule has 3 nitrogen and oxygen atoms in total. The number of rotatable bonds is 8. The molecule has 0 N–H and O–H groups in total. The number of hydrogen-bond donors (Lipinski definition) is 0. The summed E-state index contributed by atoms with van der Waals surface area (Å²) in [6.07, 6.45) is 2.81. The van der Waals surface area contributed by atoms with Crippen molar-refractivity contribution in [3.63, 3.8) is 0 Å². The molecule has 2 aromatic rings. The van der Waals surface area contributed by atoms with Crippen molar-refractivity contribution in [3.05, 3.63) is 85.0 Å². The monoisotopic (exact) mass is 408 g/mol. The quantitative estimate of drug-likeness (QED) is 0.277. The Morgan fingerprint density at radius 1 is 1.03 bits per heavy atom. The second-order valence-electron chi connectivity index (χ2n) is 8.16. The van der Waals surface area contributed by atoms with Gasteiger partial charge in [0.05, 0.1) is 12.7 Å². The molecule has 0 aliphatic heterocycles. The number of ether oxygens (including phenoxy) is 1. The van der Waals surface area contributed by atoms with Crippen LogP contribution in [0.4, 0.5) is 0 Å². The standard InChI is InChI=1S/C25H32O3Si/c1-7-27-24(26)19-18-23(20(2)3)28-29(25(4,5)6,21-14-10-8-11-15-21)22-16-12-9-13-17-22/h8-19,23H,2,7H2,1,3-6H3/b19-18+. The van der Waals surface area contributed by atoms with Gasteiger partial charge in [-0.2, -0.15) is 0 Å². The zero-order valence-corrected chi connectivity index (χ0v) is 19.1. The molecular weight excluding hydrogens is 376 g/mol. The summed E-state index contributed by atoms with van der Waals surface area (Å²) in [6.45, 7) is 14.9. The van der Waals surface area contributed by atoms with Crippen molar-refractivity contribution in [3.8, 4) is 0 Å². The van der Waals surface area contributed by atoms with Crippen LogP contribution in [0.15, 0.2) is 85.0 Å². The molecule has 0 amide bonds. The number of hydrogen-bond acceptors (Lipinski definition) is 3. The first kappa shape index (κ1) is 22.9. The van der Waals surface area contributed by atoms with Gasteiger partial charge in [-0.3, -0.25) is 0 Å². The average molecular weight is 409 g/mol. The molecule has 0 aliphatic rings. The second kappa shape index (κ2) is 9.86. The molecule has 2 aromatic carbocycles. The number of carbonyl (C=O) groups is 1. The fraction of sp³-hybridized carbons (Fsp3) is 0.320. The Kier molecular flexibility index (Phi) is 7.77. The van der Waals surface area contributed by atoms with E-state index in [0.29, 0.717) is 6.61 Å². The normalized spacial score (nSPS) is 13.3. The predicted octanol–water partition coefficient (Wildman–Crippen LogP) is 4.63. The van der Waals surface area contributed by atoms with Gasteiger partial charge in [-0.15, -0.1) is 0 Å². The summed E-state index contributed by atoms with van der Waals surface area (Å²) in [4.78, 5) is 11.9. The molecule has 29 heavy (non-hydrogen) atoms. The van der Waals surface area contributed by atoms with Crippen molar-refractivity contribution in [1.82, 2.24) is 0 Å². The summed E-state index contributed by atoms with van der Waals surface area (Å²) >= 11 is 0. The Hall–Kier alpha value is -2.43. The SMILES string of the molecule is C=C(C)C(/C=C/C(=O)OCC)O[Si](c1ccccc1)(c1ccccc1)C(C)(C)C. The van der Waals surface area contributed by atoms with E-state index in [1.165, 1.54) is 16.4 Å². The lowest BCUT2D eigenvalue weighted by atomic mass is 10.2. The molecule has 2 rings (SSSR count). The van der Waals surface area contributed by atoms with Crippen molar-refractivity contribution in [2.45, 2.75) is 45.8 Å². The van der Waals surface area contributed by atoms with Crippen molar-refractivity contribution < 1.29 is 14.0 Å². The summed E-state index contributed by atoms with van der Waals surface area (Å²) in [5, 5.41) is 2.23. The summed E-state index contributed by atoms with van der Waals surface area (Å²) in [6, 6.07) is 20.9. The zero-order chi connectivity index (χ0) is 21.5. The van der Waals surface area contributed by atoms with Crippen LogP contribution in [0.2, 0.25) is 5.04 Å². The van der Waals surface area contributed by atoms with Crippen molar-refractivity contribution in [2.24, 2.45) is 0 Å². The fourth-order valence-electron chi connectivity index (χ4n) is 3.54. The molecule has 0 saturated carbocycles. The molecule has 0 saturated heterocycles. The third-order valence-electron chi connectivity index (χ3n) is 4.90. The van der Waals surface area contributed by atoms with Crippen molar-refractivity contribution >= 4 is 24.7 Å². The van der Waals surface area contributed by atoms with Gasteiger partial charge in [-0.05, 0) is 40.9 Å². The van der Waals surface area contributed by atoms with Crippen molar-refractivity contribution in [1.29, 1.82) is 0 Å². The van der Waals surface area contributed by atoms with Crippen LogP contribution in [0.1, 0.15) is 34.6 Å². The van der Waals surface area contributed by atoms with Gasteiger partial charge < -0.3 is 9.16 Å². The van der Waals surface area contributed by atoms with Gasteiger partial charge in [0.15, 0.2) is 0 Å². The fourth-order valence-corrected chi connectivity index (χ4v) is 8.22. The highest BCUT2D eigenvalue weighted by Gasteiger charge is 2.51. The number of benzene rings is 2. The maximum Gasteiger partial charge on any atom is 0.330 e. The lowest BCUT2D eigenvalue weighted by Gasteiger charge is -2.45. The van der Waals surface area contributed by atoms with E-state index in [1.807, 2.05) is 19.1 Å². The first-order chi connectivity index (χ1) is 13.7. The van der Waals surface area contributed by atoms with Crippen molar-refractivity contribution in [2.75, 3.05) is 6.61 Å². The molecule has 0 fully saturated rings. The molecule has 1 unspecified atom stereocenters. The van der Waals surface area contributed by atoms with Crippen LogP contribution >= 0.6 is 0 Å². The van der Waals surface area contributed by atoms with Gasteiger partial charge in [0.2, 0.25) is 0 Å². The highest BCUT2D eigenvalue weighted by Crippen LogP contribution is 2.38. The van der Waals surface area contributed by atoms with E-state index in [4.69, 9.17) is 9.16 Å². The van der Waals surface area contributed by atoms with E-state index >= 15 is 0 Å². The van der Waals surface area contributed by atoms with Gasteiger partial charge in [0, 0.05) is 6.08 Å². The Balaban J connectivity index is 2.63. The van der Waals surface area contributed by atoms with Crippen LogP contribution in [-0.4, -0.2) is 27.0 Å². The van der Waals surface area contributed by atoms with E-state index in [-0.39, 0.29) is 11.0 Å². The molecule has 0 radical (unpaired) electrons. The maximum absolute atomic E-state index is 11.9. The van der Waals surface area contributed by atoms with Crippen LogP contribution in [0.3, 0.4) is 0 Å². The first-order valence-electron chi connectivity index (χ1n) is 10.0. The van der Waals surface area contributed by atoms with Crippen LogP contribution < -0.4 is 10.4 Å². The van der Waals surface area contributed by atoms with Gasteiger partial charge in [0.1, 0.15) is 0 Å². The summed E-state index contributed by atoms with van der Waals surface area (Å²) in [5.74, 6) is -0.371. The Bertz CT molecular complexity index is 796. The second-order valence-corrected chi connectivity index (χ2v) is 12.4. The Morgan fingerprint density at radius 3 is 1.90 bits per heavy atom. The van der Waals surface area contributed by atoms with Crippen LogP contribution in [-0.2, 0) is 14.0 Å². The molecule has 154 valence electrons. The summed E-state index contributed by atoms with van der Waals surface area (Å²) < 4.78 is 12.0. The highest BCUT2D eigenvalue weighted by molar-refractivity contribution is 6.99. The molecule has 4 heteroatoms. The van der Waals surface area contributed by atoms with E-state index in [1.54, 1.807) is 13.0 Å². The number of carbonyl (C=O) groups excluding carboxylic acids is 1. The molecule has 0 spiro atoms. The minimum absolute atomic E-state index is 0.152. The van der Waals surface area contributed by atoms with E-state index < -0.39 is 14.4 Å². The van der Waals surface area contributed by atoms with Gasteiger partial charge in [0.25, 0.3) is 8.32 Å². The van der Waals surface area contributed by atoms with Gasteiger partial charge >= 0.3 is 5.97 Å². The molecule has 0 bridgehead atoms. The minimum atomic E-state index is -2.73. The topological polar surface area (TPSA) is 35.5 Å². The molecule has 0 aromatic heterocycles. The molecule has 0 aliphatic carbocycles. The maximum atomic E-state index is 11.9. The molecular formula is C25H32O3Si. The minimum Gasteiger partial charge on any atom is -0.463 e. The molecule has 1 atom stereocenters. The zero-order valence-electron chi connectivity index (χ0n) is 18.1. The highest BCUT2D eigenvalue weighted by atomic mass is 28.4. The lowest BCUT2D eigenvalue weighted by molar-refractivity contribution is -0.137. The largest absolute Gasteiger partial charge is 0.463 e. The Morgan fingerprint density at radius 2 is 1.52 bits per heavy atom. The average Bonchev–Trinajstić information content (AvgIpc) is 2.68. The summed E-state index contributed by atoms with van der Waals surface area (Å²) in [7, 11) is -2.73. The van der Waals surface area contributed by atoms with E-state index in [9.17, 15) is 4.79 Å². The molecule has 0 heterocycles. The Labute approximate surface area is 176 Å². The smallest absolute Gasteiger partial charge is 0.330 e. The van der Waals surface area contributed by atoms with E-state index in [2.05, 4.69) is 75.9 Å². The van der Waals surface area contributed by atoms with Gasteiger partial charge in [-0.1, -0.05) is 88.0 Å². The number of esters is 1. The van der Waals surface area contributed by atoms with Gasteiger partial charge in [-0.25, -0.2) is 4.79 Å². The first-order valence-corrected chi connectivity index (χ1v) is 11.9. The van der Waals surface area contributed by atoms with Crippen LogP contribution in [0.5, 0.6) is 0 Å². The third kappa shape index (κ3) is 5.34. The van der Waals surface area contributed by atoms with E-state index in [0.717, 1.165) is 5.57 Å². The third-order valence-corrected chi connectivity index (χ3v) is 9.91.